The van der Waals surface area contributed by atoms with Crippen LogP contribution < -0.4 is 20.1 Å². The molecular formula is C18H19N3O7. The molecule has 2 rings (SSSR count). The van der Waals surface area contributed by atoms with Crippen molar-refractivity contribution in [2.24, 2.45) is 0 Å². The summed E-state index contributed by atoms with van der Waals surface area (Å²) in [5.41, 5.74) is 0.301. The summed E-state index contributed by atoms with van der Waals surface area (Å²) < 4.78 is 14.9. The Kier molecular flexibility index (Phi) is 6.88. The Morgan fingerprint density at radius 2 is 1.50 bits per heavy atom. The van der Waals surface area contributed by atoms with Crippen LogP contribution >= 0.6 is 0 Å². The summed E-state index contributed by atoms with van der Waals surface area (Å²) in [5, 5.41) is 16.5. The maximum Gasteiger partial charge on any atom is 0.286 e. The van der Waals surface area contributed by atoms with E-state index in [0.717, 1.165) is 6.07 Å². The van der Waals surface area contributed by atoms with Gasteiger partial charge in [-0.3, -0.25) is 19.7 Å². The molecule has 2 N–H and O–H groups in total. The van der Waals surface area contributed by atoms with E-state index >= 15 is 0 Å². The van der Waals surface area contributed by atoms with E-state index < -0.39 is 16.5 Å². The summed E-state index contributed by atoms with van der Waals surface area (Å²) in [6.45, 7) is -0.0819. The van der Waals surface area contributed by atoms with Crippen LogP contribution in [-0.2, 0) is 9.53 Å². The number of carbonyl (C=O) groups is 2. The van der Waals surface area contributed by atoms with E-state index in [1.807, 2.05) is 0 Å². The molecule has 2 amide bonds. The number of nitrogens with zero attached hydrogens (tertiary/aromatic N) is 1. The van der Waals surface area contributed by atoms with Crippen molar-refractivity contribution in [3.8, 4) is 11.5 Å². The van der Waals surface area contributed by atoms with Gasteiger partial charge in [0.2, 0.25) is 5.91 Å². The molecule has 148 valence electrons. The van der Waals surface area contributed by atoms with Gasteiger partial charge in [0.05, 0.1) is 25.2 Å². The predicted molar refractivity (Wildman–Crippen MR) is 101 cm³/mol. The number of hydrogen-bond donors (Lipinski definition) is 2. The highest BCUT2D eigenvalue weighted by Crippen LogP contribution is 2.34. The Morgan fingerprint density at radius 1 is 0.964 bits per heavy atom. The SMILES string of the molecule is COCC(=O)Nc1ccc(NC(=O)c2cc(OC)c(OC)cc2[N+](=O)[O-])cc1. The van der Waals surface area contributed by atoms with Crippen LogP contribution in [-0.4, -0.2) is 44.7 Å². The van der Waals surface area contributed by atoms with Crippen molar-refractivity contribution in [1.29, 1.82) is 0 Å². The molecule has 0 unspecified atom stereocenters. The Hall–Kier alpha value is -3.66. The van der Waals surface area contributed by atoms with E-state index in [9.17, 15) is 19.7 Å². The Labute approximate surface area is 160 Å². The van der Waals surface area contributed by atoms with Crippen LogP contribution in [0.3, 0.4) is 0 Å². The number of amides is 2. The molecule has 0 spiro atoms. The highest BCUT2D eigenvalue weighted by molar-refractivity contribution is 6.07. The largest absolute Gasteiger partial charge is 0.493 e. The van der Waals surface area contributed by atoms with Crippen LogP contribution in [0.2, 0.25) is 0 Å². The zero-order chi connectivity index (χ0) is 20.7. The first kappa shape index (κ1) is 20.6. The first-order valence-corrected chi connectivity index (χ1v) is 8.00. The quantitative estimate of drug-likeness (QED) is 0.524. The Morgan fingerprint density at radius 3 is 2.00 bits per heavy atom. The second kappa shape index (κ2) is 9.33. The van der Waals surface area contributed by atoms with Gasteiger partial charge in [-0.05, 0) is 24.3 Å². The van der Waals surface area contributed by atoms with Crippen LogP contribution in [0.5, 0.6) is 11.5 Å². The molecule has 2 aromatic rings. The van der Waals surface area contributed by atoms with Crippen molar-refractivity contribution in [2.45, 2.75) is 0 Å². The van der Waals surface area contributed by atoms with Gasteiger partial charge in [-0.1, -0.05) is 0 Å². The van der Waals surface area contributed by atoms with E-state index in [1.165, 1.54) is 27.4 Å². The predicted octanol–water partition coefficient (Wildman–Crippen LogP) is 2.45. The lowest BCUT2D eigenvalue weighted by atomic mass is 10.1. The number of carbonyl (C=O) groups excluding carboxylic acids is 2. The van der Waals surface area contributed by atoms with Crippen molar-refractivity contribution >= 4 is 28.9 Å². The molecule has 0 aliphatic carbocycles. The van der Waals surface area contributed by atoms with Crippen molar-refractivity contribution in [3.05, 3.63) is 52.1 Å². The minimum Gasteiger partial charge on any atom is -0.493 e. The van der Waals surface area contributed by atoms with Gasteiger partial charge in [-0.2, -0.15) is 0 Å². The third-order valence-corrected chi connectivity index (χ3v) is 3.65. The lowest BCUT2D eigenvalue weighted by Crippen LogP contribution is -2.17. The minimum absolute atomic E-state index is 0.0819. The van der Waals surface area contributed by atoms with E-state index in [2.05, 4.69) is 10.6 Å². The van der Waals surface area contributed by atoms with Gasteiger partial charge in [0.1, 0.15) is 12.2 Å². The molecule has 0 bridgehead atoms. The van der Waals surface area contributed by atoms with Crippen LogP contribution in [0.4, 0.5) is 17.1 Å². The second-order valence-corrected chi connectivity index (χ2v) is 5.49. The zero-order valence-electron chi connectivity index (χ0n) is 15.5. The van der Waals surface area contributed by atoms with Crippen LogP contribution in [0.1, 0.15) is 10.4 Å². The summed E-state index contributed by atoms with van der Waals surface area (Å²) in [6.07, 6.45) is 0. The number of nitro benzene ring substituents is 1. The van der Waals surface area contributed by atoms with Gasteiger partial charge in [-0.25, -0.2) is 0 Å². The fourth-order valence-electron chi connectivity index (χ4n) is 2.36. The van der Waals surface area contributed by atoms with Crippen molar-refractivity contribution in [1.82, 2.24) is 0 Å². The fourth-order valence-corrected chi connectivity index (χ4v) is 2.36. The number of methoxy groups -OCH3 is 3. The topological polar surface area (TPSA) is 129 Å². The number of hydrogen-bond acceptors (Lipinski definition) is 7. The monoisotopic (exact) mass is 389 g/mol. The van der Waals surface area contributed by atoms with Crippen LogP contribution in [0.15, 0.2) is 36.4 Å². The lowest BCUT2D eigenvalue weighted by Gasteiger charge is -2.11. The van der Waals surface area contributed by atoms with Crippen molar-refractivity contribution in [3.63, 3.8) is 0 Å². The number of nitro groups is 1. The number of nitrogens with one attached hydrogen (secondary N) is 2. The third kappa shape index (κ3) is 4.95. The molecule has 0 aromatic heterocycles. The molecule has 10 nitrogen and oxygen atoms in total. The van der Waals surface area contributed by atoms with E-state index in [0.29, 0.717) is 11.4 Å². The number of ether oxygens (including phenoxy) is 3. The minimum atomic E-state index is -0.691. The molecule has 0 aliphatic rings. The maximum atomic E-state index is 12.6. The summed E-state index contributed by atoms with van der Waals surface area (Å²) in [6, 6.07) is 8.62. The highest BCUT2D eigenvalue weighted by Gasteiger charge is 2.24. The Balaban J connectivity index is 2.22. The second-order valence-electron chi connectivity index (χ2n) is 5.49. The number of benzene rings is 2. The fraction of sp³-hybridized carbons (Fsp3) is 0.222. The molecule has 0 saturated carbocycles. The van der Waals surface area contributed by atoms with Gasteiger partial charge in [0, 0.05) is 24.6 Å². The number of anilines is 2. The van der Waals surface area contributed by atoms with Crippen molar-refractivity contribution < 1.29 is 28.7 Å². The molecule has 0 saturated heterocycles. The van der Waals surface area contributed by atoms with Crippen LogP contribution in [0, 0.1) is 10.1 Å². The van der Waals surface area contributed by atoms with Gasteiger partial charge in [-0.15, -0.1) is 0 Å². The van der Waals surface area contributed by atoms with E-state index in [1.54, 1.807) is 24.3 Å². The average molecular weight is 389 g/mol. The molecule has 28 heavy (non-hydrogen) atoms. The molecule has 0 radical (unpaired) electrons. The van der Waals surface area contributed by atoms with Gasteiger partial charge in [0.25, 0.3) is 11.6 Å². The van der Waals surface area contributed by atoms with Gasteiger partial charge >= 0.3 is 0 Å². The van der Waals surface area contributed by atoms with Gasteiger partial charge in [0.15, 0.2) is 11.5 Å². The third-order valence-electron chi connectivity index (χ3n) is 3.65. The molecule has 0 heterocycles. The van der Waals surface area contributed by atoms with E-state index in [-0.39, 0.29) is 29.6 Å². The maximum absolute atomic E-state index is 12.6. The molecular weight excluding hydrogens is 370 g/mol. The zero-order valence-corrected chi connectivity index (χ0v) is 15.5. The molecule has 0 atom stereocenters. The first-order chi connectivity index (χ1) is 13.4. The summed E-state index contributed by atoms with van der Waals surface area (Å²) in [7, 11) is 4.11. The normalized spacial score (nSPS) is 10.1. The van der Waals surface area contributed by atoms with Crippen LogP contribution in [0.25, 0.3) is 0 Å². The average Bonchev–Trinajstić information content (AvgIpc) is 2.68. The molecule has 2 aromatic carbocycles. The highest BCUT2D eigenvalue weighted by atomic mass is 16.6. The summed E-state index contributed by atoms with van der Waals surface area (Å²) in [4.78, 5) is 34.7. The van der Waals surface area contributed by atoms with Gasteiger partial charge < -0.3 is 24.8 Å². The Bertz CT molecular complexity index is 881. The standard InChI is InChI=1S/C18H19N3O7/c1-26-10-17(22)19-11-4-6-12(7-5-11)20-18(23)13-8-15(27-2)16(28-3)9-14(13)21(24)25/h4-9H,10H2,1-3H3,(H,19,22)(H,20,23). The van der Waals surface area contributed by atoms with E-state index in [4.69, 9.17) is 14.2 Å². The molecule has 0 aliphatic heterocycles. The molecule has 0 fully saturated rings. The number of rotatable bonds is 8. The summed E-state index contributed by atoms with van der Waals surface area (Å²) in [5.74, 6) is -0.680. The lowest BCUT2D eigenvalue weighted by molar-refractivity contribution is -0.385. The summed E-state index contributed by atoms with van der Waals surface area (Å²) >= 11 is 0. The molecule has 10 heteroatoms. The smallest absolute Gasteiger partial charge is 0.286 e. The van der Waals surface area contributed by atoms with Crippen molar-refractivity contribution in [2.75, 3.05) is 38.6 Å². The first-order valence-electron chi connectivity index (χ1n) is 8.00.